The van der Waals surface area contributed by atoms with Crippen LogP contribution in [-0.4, -0.2) is 34.0 Å². The minimum atomic E-state index is 0. The van der Waals surface area contributed by atoms with Crippen LogP contribution in [0.25, 0.3) is 5.69 Å². The number of para-hydroxylation sites is 1. The molecule has 0 amide bonds. The molecule has 0 saturated carbocycles. The highest BCUT2D eigenvalue weighted by molar-refractivity contribution is 14.0. The van der Waals surface area contributed by atoms with Crippen LogP contribution in [0.2, 0.25) is 0 Å². The van der Waals surface area contributed by atoms with Gasteiger partial charge in [-0.25, -0.2) is 9.67 Å². The van der Waals surface area contributed by atoms with Crippen molar-refractivity contribution in [2.75, 3.05) is 13.1 Å². The summed E-state index contributed by atoms with van der Waals surface area (Å²) in [5, 5.41) is 15.1. The fourth-order valence-corrected chi connectivity index (χ4v) is 2.71. The quantitative estimate of drug-likeness (QED) is 0.274. The highest BCUT2D eigenvalue weighted by Crippen LogP contribution is 2.14. The maximum atomic E-state index is 5.35. The smallest absolute Gasteiger partial charge is 0.191 e. The lowest BCUT2D eigenvalue weighted by Crippen LogP contribution is -2.38. The molecule has 29 heavy (non-hydrogen) atoms. The van der Waals surface area contributed by atoms with Crippen molar-refractivity contribution in [3.05, 3.63) is 65.8 Å². The largest absolute Gasteiger partial charge is 0.359 e. The summed E-state index contributed by atoms with van der Waals surface area (Å²) in [6.07, 6.45) is 4.82. The van der Waals surface area contributed by atoms with Crippen molar-refractivity contribution in [3.8, 4) is 5.69 Å². The molecule has 3 aromatic rings. The van der Waals surface area contributed by atoms with Gasteiger partial charge in [0.2, 0.25) is 0 Å². The highest BCUT2D eigenvalue weighted by Gasteiger charge is 2.07. The highest BCUT2D eigenvalue weighted by atomic mass is 127. The molecule has 3 rings (SSSR count). The average molecular weight is 508 g/mol. The Morgan fingerprint density at radius 3 is 2.69 bits per heavy atom. The molecule has 0 saturated heterocycles. The Hall–Kier alpha value is -2.36. The van der Waals surface area contributed by atoms with E-state index in [1.165, 1.54) is 5.56 Å². The van der Waals surface area contributed by atoms with Gasteiger partial charge in [-0.3, -0.25) is 0 Å². The van der Waals surface area contributed by atoms with E-state index in [-0.39, 0.29) is 24.0 Å². The van der Waals surface area contributed by atoms with E-state index in [0.29, 0.717) is 12.5 Å². The van der Waals surface area contributed by atoms with Crippen LogP contribution in [0.3, 0.4) is 0 Å². The van der Waals surface area contributed by atoms with Crippen LogP contribution in [0.5, 0.6) is 0 Å². The molecule has 2 heterocycles. The Labute approximate surface area is 189 Å². The molecule has 8 heteroatoms. The van der Waals surface area contributed by atoms with Crippen LogP contribution in [-0.2, 0) is 13.0 Å². The van der Waals surface area contributed by atoms with Crippen molar-refractivity contribution < 1.29 is 4.52 Å². The zero-order chi connectivity index (χ0) is 19.8. The zero-order valence-electron chi connectivity index (χ0n) is 17.1. The Balaban J connectivity index is 0.00000300. The van der Waals surface area contributed by atoms with Crippen LogP contribution < -0.4 is 10.6 Å². The van der Waals surface area contributed by atoms with Gasteiger partial charge < -0.3 is 15.2 Å². The normalized spacial score (nSPS) is 11.4. The second kappa shape index (κ2) is 11.6. The number of hydrogen-bond acceptors (Lipinski definition) is 4. The molecule has 0 aliphatic carbocycles. The van der Waals surface area contributed by atoms with Crippen LogP contribution >= 0.6 is 24.0 Å². The van der Waals surface area contributed by atoms with E-state index >= 15 is 0 Å². The molecule has 0 atom stereocenters. The predicted octanol–water partition coefficient (Wildman–Crippen LogP) is 3.90. The maximum Gasteiger partial charge on any atom is 0.191 e. The first-order chi connectivity index (χ1) is 13.7. The van der Waals surface area contributed by atoms with E-state index in [1.807, 2.05) is 54.2 Å². The Kier molecular flexibility index (Phi) is 9.17. The molecular weight excluding hydrogens is 479 g/mol. The van der Waals surface area contributed by atoms with Crippen molar-refractivity contribution in [1.82, 2.24) is 25.6 Å². The lowest BCUT2D eigenvalue weighted by atomic mass is 10.1. The number of nitrogens with one attached hydrogen (secondary N) is 2. The second-order valence-corrected chi connectivity index (χ2v) is 6.87. The first-order valence-corrected chi connectivity index (χ1v) is 9.72. The number of aromatic nitrogens is 3. The minimum Gasteiger partial charge on any atom is -0.359 e. The standard InChI is InChI=1S/C21H28N6O.HI/c1-4-22-21(24-14-19-12-20(16(2)3)26-28-19)23-11-10-17-13-25-27(15-17)18-8-6-5-7-9-18;/h5-9,12-13,15-16H,4,10-11,14H2,1-3H3,(H2,22,23,24);1H. The third-order valence-electron chi connectivity index (χ3n) is 4.27. The van der Waals surface area contributed by atoms with E-state index < -0.39 is 0 Å². The number of nitrogens with zero attached hydrogens (tertiary/aromatic N) is 4. The topological polar surface area (TPSA) is 80.3 Å². The first kappa shape index (κ1) is 22.9. The van der Waals surface area contributed by atoms with E-state index in [0.717, 1.165) is 42.6 Å². The summed E-state index contributed by atoms with van der Waals surface area (Å²) in [7, 11) is 0. The molecule has 0 fully saturated rings. The summed E-state index contributed by atoms with van der Waals surface area (Å²) in [5.41, 5.74) is 3.19. The van der Waals surface area contributed by atoms with Gasteiger partial charge in [-0.15, -0.1) is 24.0 Å². The summed E-state index contributed by atoms with van der Waals surface area (Å²) in [5.74, 6) is 1.88. The number of hydrogen-bond donors (Lipinski definition) is 2. The predicted molar refractivity (Wildman–Crippen MR) is 126 cm³/mol. The molecule has 0 bridgehead atoms. The van der Waals surface area contributed by atoms with Crippen molar-refractivity contribution in [2.45, 2.75) is 39.7 Å². The number of aliphatic imine (C=N–C) groups is 1. The molecule has 0 unspecified atom stereocenters. The van der Waals surface area contributed by atoms with Crippen molar-refractivity contribution in [1.29, 1.82) is 0 Å². The van der Waals surface area contributed by atoms with Gasteiger partial charge in [0.25, 0.3) is 0 Å². The van der Waals surface area contributed by atoms with Crippen LogP contribution in [0.1, 0.15) is 43.7 Å². The number of benzene rings is 1. The van der Waals surface area contributed by atoms with E-state index in [2.05, 4.69) is 45.9 Å². The molecule has 2 aromatic heterocycles. The van der Waals surface area contributed by atoms with Gasteiger partial charge in [0, 0.05) is 25.4 Å². The van der Waals surface area contributed by atoms with Crippen LogP contribution in [0, 0.1) is 0 Å². The molecular formula is C21H29IN6O. The lowest BCUT2D eigenvalue weighted by Gasteiger charge is -2.10. The summed E-state index contributed by atoms with van der Waals surface area (Å²) < 4.78 is 7.24. The van der Waals surface area contributed by atoms with Gasteiger partial charge in [-0.05, 0) is 37.0 Å². The third kappa shape index (κ3) is 6.88. The number of guanidine groups is 1. The summed E-state index contributed by atoms with van der Waals surface area (Å²) >= 11 is 0. The Morgan fingerprint density at radius 1 is 1.21 bits per heavy atom. The minimum absolute atomic E-state index is 0. The fraction of sp³-hybridized carbons (Fsp3) is 0.381. The molecule has 0 spiro atoms. The van der Waals surface area contributed by atoms with Crippen LogP contribution in [0.15, 0.2) is 58.3 Å². The summed E-state index contributed by atoms with van der Waals surface area (Å²) in [6, 6.07) is 12.1. The zero-order valence-corrected chi connectivity index (χ0v) is 19.5. The van der Waals surface area contributed by atoms with Crippen LogP contribution in [0.4, 0.5) is 0 Å². The Bertz CT molecular complexity index is 887. The van der Waals surface area contributed by atoms with Gasteiger partial charge in [-0.2, -0.15) is 5.10 Å². The molecule has 0 aliphatic heterocycles. The van der Waals surface area contributed by atoms with E-state index in [1.54, 1.807) is 0 Å². The number of halogens is 1. The monoisotopic (exact) mass is 508 g/mol. The summed E-state index contributed by atoms with van der Waals surface area (Å²) in [4.78, 5) is 4.58. The van der Waals surface area contributed by atoms with Gasteiger partial charge in [-0.1, -0.05) is 37.2 Å². The van der Waals surface area contributed by atoms with Crippen molar-refractivity contribution in [2.24, 2.45) is 4.99 Å². The van der Waals surface area contributed by atoms with Gasteiger partial charge >= 0.3 is 0 Å². The molecule has 7 nitrogen and oxygen atoms in total. The van der Waals surface area contributed by atoms with Gasteiger partial charge in [0.05, 0.1) is 17.6 Å². The molecule has 0 aliphatic rings. The van der Waals surface area contributed by atoms with E-state index in [9.17, 15) is 0 Å². The fourth-order valence-electron chi connectivity index (χ4n) is 2.71. The molecule has 0 radical (unpaired) electrons. The molecule has 2 N–H and O–H groups in total. The van der Waals surface area contributed by atoms with Gasteiger partial charge in [0.1, 0.15) is 6.54 Å². The van der Waals surface area contributed by atoms with E-state index in [4.69, 9.17) is 4.52 Å². The molecule has 156 valence electrons. The van der Waals surface area contributed by atoms with Gasteiger partial charge in [0.15, 0.2) is 11.7 Å². The first-order valence-electron chi connectivity index (χ1n) is 9.72. The lowest BCUT2D eigenvalue weighted by molar-refractivity contribution is 0.376. The molecule has 1 aromatic carbocycles. The number of rotatable bonds is 8. The maximum absolute atomic E-state index is 5.35. The Morgan fingerprint density at radius 2 is 2.00 bits per heavy atom. The third-order valence-corrected chi connectivity index (χ3v) is 4.27. The summed E-state index contributed by atoms with van der Waals surface area (Å²) in [6.45, 7) is 8.26. The van der Waals surface area contributed by atoms with Crippen molar-refractivity contribution >= 4 is 29.9 Å². The SMILES string of the molecule is CCNC(=NCc1cc(C(C)C)no1)NCCc1cnn(-c2ccccc2)c1.I. The second-order valence-electron chi connectivity index (χ2n) is 6.87. The average Bonchev–Trinajstić information content (AvgIpc) is 3.37. The van der Waals surface area contributed by atoms with Crippen molar-refractivity contribution in [3.63, 3.8) is 0 Å².